The monoisotopic (exact) mass is 299 g/mol. The molecule has 5 heteroatoms. The molecule has 0 spiro atoms. The molecule has 0 radical (unpaired) electrons. The largest absolute Gasteiger partial charge is 0.492 e. The van der Waals surface area contributed by atoms with Crippen molar-refractivity contribution in [2.24, 2.45) is 5.73 Å². The van der Waals surface area contributed by atoms with E-state index in [1.165, 1.54) is 0 Å². The molecule has 1 unspecified atom stereocenters. The van der Waals surface area contributed by atoms with E-state index in [4.69, 9.17) is 10.5 Å². The Morgan fingerprint density at radius 1 is 1.30 bits per heavy atom. The first-order chi connectivity index (χ1) is 9.34. The Kier molecular flexibility index (Phi) is 6.49. The predicted octanol–water partition coefficient (Wildman–Crippen LogP) is 2.09. The van der Waals surface area contributed by atoms with E-state index < -0.39 is 9.84 Å². The summed E-state index contributed by atoms with van der Waals surface area (Å²) < 4.78 is 28.9. The molecule has 0 aliphatic rings. The van der Waals surface area contributed by atoms with Gasteiger partial charge >= 0.3 is 0 Å². The quantitative estimate of drug-likeness (QED) is 0.798. The van der Waals surface area contributed by atoms with Gasteiger partial charge in [-0.15, -0.1) is 0 Å². The Hall–Kier alpha value is -1.07. The summed E-state index contributed by atoms with van der Waals surface area (Å²) >= 11 is 0. The first-order valence-corrected chi connectivity index (χ1v) is 8.84. The van der Waals surface area contributed by atoms with Gasteiger partial charge < -0.3 is 10.5 Å². The molecule has 0 aliphatic carbocycles. The summed E-state index contributed by atoms with van der Waals surface area (Å²) in [7, 11) is -3.00. The van der Waals surface area contributed by atoms with E-state index in [0.717, 1.165) is 23.3 Å². The number of benzene rings is 1. The molecule has 0 fully saturated rings. The molecule has 0 heterocycles. The van der Waals surface area contributed by atoms with Crippen LogP contribution in [-0.4, -0.2) is 32.6 Å². The molecule has 0 saturated carbocycles. The van der Waals surface area contributed by atoms with Gasteiger partial charge in [-0.3, -0.25) is 0 Å². The van der Waals surface area contributed by atoms with Gasteiger partial charge in [-0.25, -0.2) is 8.42 Å². The zero-order valence-electron chi connectivity index (χ0n) is 12.6. The number of ether oxygens (including phenoxy) is 1. The minimum atomic E-state index is -3.00. The highest BCUT2D eigenvalue weighted by Crippen LogP contribution is 2.21. The predicted molar refractivity (Wildman–Crippen MR) is 83.0 cm³/mol. The number of aryl methyl sites for hydroxylation is 1. The number of hydrogen-bond donors (Lipinski definition) is 1. The maximum atomic E-state index is 11.6. The second kappa shape index (κ2) is 7.64. The Labute approximate surface area is 122 Å². The minimum absolute atomic E-state index is 0.0444. The van der Waals surface area contributed by atoms with Gasteiger partial charge in [0.15, 0.2) is 9.84 Å². The van der Waals surface area contributed by atoms with E-state index in [1.54, 1.807) is 0 Å². The van der Waals surface area contributed by atoms with Crippen LogP contribution in [-0.2, 0) is 16.3 Å². The molecule has 1 atom stereocenters. The third-order valence-corrected chi connectivity index (χ3v) is 4.74. The second-order valence-electron chi connectivity index (χ2n) is 5.29. The lowest BCUT2D eigenvalue weighted by Crippen LogP contribution is -2.20. The zero-order valence-corrected chi connectivity index (χ0v) is 13.4. The van der Waals surface area contributed by atoms with Gasteiger partial charge in [0, 0.05) is 6.04 Å². The molecule has 1 aromatic carbocycles. The maximum Gasteiger partial charge on any atom is 0.153 e. The van der Waals surface area contributed by atoms with Crippen molar-refractivity contribution < 1.29 is 13.2 Å². The number of nitrogens with two attached hydrogens (primary N) is 1. The van der Waals surface area contributed by atoms with Crippen LogP contribution < -0.4 is 10.5 Å². The van der Waals surface area contributed by atoms with Crippen molar-refractivity contribution >= 4 is 9.84 Å². The first-order valence-electron chi connectivity index (χ1n) is 7.02. The molecule has 1 rings (SSSR count). The summed E-state index contributed by atoms with van der Waals surface area (Å²) in [6.45, 7) is 6.01. The van der Waals surface area contributed by atoms with E-state index in [0.29, 0.717) is 6.42 Å². The van der Waals surface area contributed by atoms with Crippen LogP contribution in [0.3, 0.4) is 0 Å². The van der Waals surface area contributed by atoms with Crippen LogP contribution in [0.15, 0.2) is 18.2 Å². The summed E-state index contributed by atoms with van der Waals surface area (Å²) in [4.78, 5) is 0. The lowest BCUT2D eigenvalue weighted by Gasteiger charge is -2.14. The molecule has 1 aromatic rings. The lowest BCUT2D eigenvalue weighted by molar-refractivity contribution is 0.336. The highest BCUT2D eigenvalue weighted by molar-refractivity contribution is 7.91. The molecular weight excluding hydrogens is 274 g/mol. The van der Waals surface area contributed by atoms with E-state index in [-0.39, 0.29) is 24.2 Å². The summed E-state index contributed by atoms with van der Waals surface area (Å²) in [6.07, 6.45) is 1.36. The molecule has 4 nitrogen and oxygen atoms in total. The molecule has 20 heavy (non-hydrogen) atoms. The van der Waals surface area contributed by atoms with E-state index in [1.807, 2.05) is 39.0 Å². The van der Waals surface area contributed by atoms with Crippen molar-refractivity contribution in [1.82, 2.24) is 0 Å². The van der Waals surface area contributed by atoms with Crippen molar-refractivity contribution in [1.29, 1.82) is 0 Å². The van der Waals surface area contributed by atoms with Gasteiger partial charge in [-0.1, -0.05) is 24.6 Å². The molecule has 0 saturated heterocycles. The summed E-state index contributed by atoms with van der Waals surface area (Å²) in [5.74, 6) is 1.02. The van der Waals surface area contributed by atoms with Crippen LogP contribution in [0.25, 0.3) is 0 Å². The molecule has 0 aromatic heterocycles. The third kappa shape index (κ3) is 5.92. The molecule has 2 N–H and O–H groups in total. The van der Waals surface area contributed by atoms with Crippen LogP contribution >= 0.6 is 0 Å². The Morgan fingerprint density at radius 2 is 2.00 bits per heavy atom. The number of rotatable bonds is 8. The smallest absolute Gasteiger partial charge is 0.153 e. The highest BCUT2D eigenvalue weighted by Gasteiger charge is 2.11. The van der Waals surface area contributed by atoms with Crippen LogP contribution in [0.4, 0.5) is 0 Å². The van der Waals surface area contributed by atoms with E-state index in [9.17, 15) is 8.42 Å². The Bertz CT molecular complexity index is 524. The topological polar surface area (TPSA) is 69.4 Å². The van der Waals surface area contributed by atoms with Gasteiger partial charge in [-0.05, 0) is 38.3 Å². The first kappa shape index (κ1) is 17.0. The molecule has 114 valence electrons. The number of sulfone groups is 1. The fourth-order valence-electron chi connectivity index (χ4n) is 2.05. The maximum absolute atomic E-state index is 11.6. The lowest BCUT2D eigenvalue weighted by atomic mass is 10.0. The third-order valence-electron chi connectivity index (χ3n) is 2.92. The van der Waals surface area contributed by atoms with E-state index >= 15 is 0 Å². The fourth-order valence-corrected chi connectivity index (χ4v) is 3.21. The van der Waals surface area contributed by atoms with E-state index in [2.05, 4.69) is 0 Å². The summed E-state index contributed by atoms with van der Waals surface area (Å²) in [5.41, 5.74) is 8.01. The zero-order chi connectivity index (χ0) is 15.2. The van der Waals surface area contributed by atoms with Crippen LogP contribution in [0, 0.1) is 6.92 Å². The minimum Gasteiger partial charge on any atom is -0.492 e. The fraction of sp³-hybridized carbons (Fsp3) is 0.600. The van der Waals surface area contributed by atoms with Crippen LogP contribution in [0.1, 0.15) is 31.4 Å². The molecule has 0 bridgehead atoms. The Balaban J connectivity index is 2.68. The summed E-state index contributed by atoms with van der Waals surface area (Å²) in [6, 6.07) is 5.93. The second-order valence-corrected chi connectivity index (χ2v) is 7.60. The average molecular weight is 299 g/mol. The molecule has 0 aliphatic heterocycles. The normalized spacial score (nSPS) is 13.2. The van der Waals surface area contributed by atoms with Crippen LogP contribution in [0.5, 0.6) is 5.75 Å². The van der Waals surface area contributed by atoms with Crippen molar-refractivity contribution in [3.05, 3.63) is 29.3 Å². The molecule has 0 amide bonds. The van der Waals surface area contributed by atoms with Crippen molar-refractivity contribution in [3.63, 3.8) is 0 Å². The summed E-state index contributed by atoms with van der Waals surface area (Å²) in [5, 5.41) is 0. The van der Waals surface area contributed by atoms with Gasteiger partial charge in [-0.2, -0.15) is 0 Å². The Morgan fingerprint density at radius 3 is 2.60 bits per heavy atom. The highest BCUT2D eigenvalue weighted by atomic mass is 32.2. The van der Waals surface area contributed by atoms with Gasteiger partial charge in [0.2, 0.25) is 0 Å². The average Bonchev–Trinajstić information content (AvgIpc) is 2.31. The SMILES string of the molecule is CCCS(=O)(=O)CCOc1ccc(C)cc1CC(C)N. The van der Waals surface area contributed by atoms with Gasteiger partial charge in [0.25, 0.3) is 0 Å². The standard InChI is InChI=1S/C15H25NO3S/c1-4-8-20(17,18)9-7-19-15-6-5-12(2)10-14(15)11-13(3)16/h5-6,10,13H,4,7-9,11,16H2,1-3H3. The van der Waals surface area contributed by atoms with Crippen molar-refractivity contribution in [2.45, 2.75) is 39.7 Å². The molecular formula is C15H25NO3S. The number of hydrogen-bond acceptors (Lipinski definition) is 4. The van der Waals surface area contributed by atoms with Gasteiger partial charge in [0.05, 0.1) is 11.5 Å². The van der Waals surface area contributed by atoms with Gasteiger partial charge in [0.1, 0.15) is 12.4 Å². The van der Waals surface area contributed by atoms with Crippen molar-refractivity contribution in [3.8, 4) is 5.75 Å². The van der Waals surface area contributed by atoms with Crippen molar-refractivity contribution in [2.75, 3.05) is 18.1 Å². The van der Waals surface area contributed by atoms with Crippen LogP contribution in [0.2, 0.25) is 0 Å².